The van der Waals surface area contributed by atoms with E-state index in [-0.39, 0.29) is 23.3 Å². The van der Waals surface area contributed by atoms with Crippen molar-refractivity contribution in [3.8, 4) is 23.0 Å². The first-order chi connectivity index (χ1) is 15.7. The number of phenolic OH excluding ortho intramolecular Hbond substituents is 2. The number of hydrogen-bond donors (Lipinski definition) is 2. The molecule has 0 aliphatic heterocycles. The highest BCUT2D eigenvalue weighted by molar-refractivity contribution is 5.92. The Balaban J connectivity index is 1.81. The van der Waals surface area contributed by atoms with Crippen molar-refractivity contribution in [2.45, 2.75) is 6.42 Å². The van der Waals surface area contributed by atoms with Crippen molar-refractivity contribution in [1.82, 2.24) is 9.80 Å². The van der Waals surface area contributed by atoms with Gasteiger partial charge in [-0.15, -0.1) is 0 Å². The Hall–Kier alpha value is -3.94. The van der Waals surface area contributed by atoms with E-state index >= 15 is 0 Å². The van der Waals surface area contributed by atoms with Crippen LogP contribution in [0.5, 0.6) is 23.0 Å². The van der Waals surface area contributed by atoms with E-state index < -0.39 is 0 Å². The lowest BCUT2D eigenvalue weighted by Gasteiger charge is -2.19. The third-order valence-electron chi connectivity index (χ3n) is 4.98. The fourth-order valence-electron chi connectivity index (χ4n) is 2.95. The van der Waals surface area contributed by atoms with Gasteiger partial charge in [0.15, 0.2) is 23.0 Å². The molecule has 0 fully saturated rings. The Labute approximate surface area is 194 Å². The summed E-state index contributed by atoms with van der Waals surface area (Å²) in [6.07, 6.45) is 6.83. The van der Waals surface area contributed by atoms with E-state index in [1.165, 1.54) is 38.5 Å². The maximum Gasteiger partial charge on any atom is 0.246 e. The number of methoxy groups -OCH3 is 2. The van der Waals surface area contributed by atoms with Crippen LogP contribution in [0.25, 0.3) is 12.2 Å². The molecular formula is C25H30N2O6. The van der Waals surface area contributed by atoms with Crippen molar-refractivity contribution >= 4 is 24.0 Å². The van der Waals surface area contributed by atoms with Crippen LogP contribution in [0.1, 0.15) is 17.5 Å². The van der Waals surface area contributed by atoms with Crippen molar-refractivity contribution in [3.05, 3.63) is 59.7 Å². The first kappa shape index (κ1) is 25.3. The molecule has 0 spiro atoms. The average Bonchev–Trinajstić information content (AvgIpc) is 2.82. The number of ether oxygens (including phenoxy) is 2. The standard InChI is InChI=1S/C25H30N2O6/c1-26(24(30)12-8-18-6-10-20(28)22(16-18)32-3)14-5-15-27(2)25(31)13-9-19-7-11-21(29)23(17-19)33-4/h6-13,16-17,28-29H,5,14-15H2,1-4H3/b12-8+,13-9+. The molecule has 8 heteroatoms. The van der Waals surface area contributed by atoms with Gasteiger partial charge in [0.25, 0.3) is 0 Å². The molecule has 8 nitrogen and oxygen atoms in total. The van der Waals surface area contributed by atoms with Gasteiger partial charge in [0.2, 0.25) is 11.8 Å². The monoisotopic (exact) mass is 454 g/mol. The largest absolute Gasteiger partial charge is 0.504 e. The van der Waals surface area contributed by atoms with Crippen molar-refractivity contribution in [2.24, 2.45) is 0 Å². The second-order valence-corrected chi connectivity index (χ2v) is 7.40. The van der Waals surface area contributed by atoms with E-state index in [4.69, 9.17) is 9.47 Å². The quantitative estimate of drug-likeness (QED) is 0.535. The van der Waals surface area contributed by atoms with Gasteiger partial charge >= 0.3 is 0 Å². The normalized spacial score (nSPS) is 11.0. The van der Waals surface area contributed by atoms with Crippen LogP contribution in [0.2, 0.25) is 0 Å². The number of benzene rings is 2. The minimum absolute atomic E-state index is 0.0365. The van der Waals surface area contributed by atoms with E-state index in [0.717, 1.165) is 11.1 Å². The van der Waals surface area contributed by atoms with Gasteiger partial charge in [0.05, 0.1) is 14.2 Å². The van der Waals surface area contributed by atoms with Crippen LogP contribution < -0.4 is 9.47 Å². The summed E-state index contributed by atoms with van der Waals surface area (Å²) in [6.45, 7) is 0.969. The zero-order valence-electron chi connectivity index (χ0n) is 19.3. The van der Waals surface area contributed by atoms with Gasteiger partial charge in [-0.1, -0.05) is 12.1 Å². The summed E-state index contributed by atoms with van der Waals surface area (Å²) in [4.78, 5) is 27.8. The Morgan fingerprint density at radius 3 is 1.55 bits per heavy atom. The number of rotatable bonds is 10. The van der Waals surface area contributed by atoms with E-state index in [1.54, 1.807) is 60.3 Å². The van der Waals surface area contributed by atoms with Crippen LogP contribution in [0.3, 0.4) is 0 Å². The molecule has 0 heterocycles. The summed E-state index contributed by atoms with van der Waals surface area (Å²) in [7, 11) is 6.32. The highest BCUT2D eigenvalue weighted by Crippen LogP contribution is 2.27. The molecule has 0 radical (unpaired) electrons. The minimum Gasteiger partial charge on any atom is -0.504 e. The molecule has 0 saturated carbocycles. The van der Waals surface area contributed by atoms with Crippen molar-refractivity contribution in [2.75, 3.05) is 41.4 Å². The van der Waals surface area contributed by atoms with Crippen molar-refractivity contribution in [1.29, 1.82) is 0 Å². The zero-order chi connectivity index (χ0) is 24.4. The highest BCUT2D eigenvalue weighted by atomic mass is 16.5. The molecule has 2 amide bonds. The Bertz CT molecular complexity index is 950. The molecule has 2 rings (SSSR count). The number of aromatic hydroxyl groups is 2. The van der Waals surface area contributed by atoms with Crippen LogP contribution in [-0.2, 0) is 9.59 Å². The van der Waals surface area contributed by atoms with Crippen LogP contribution in [0.15, 0.2) is 48.6 Å². The summed E-state index contributed by atoms with van der Waals surface area (Å²) >= 11 is 0. The molecule has 0 aliphatic carbocycles. The van der Waals surface area contributed by atoms with Crippen LogP contribution in [0.4, 0.5) is 0 Å². The third kappa shape index (κ3) is 7.60. The molecule has 176 valence electrons. The molecule has 2 aromatic carbocycles. The Morgan fingerprint density at radius 2 is 1.18 bits per heavy atom. The maximum absolute atomic E-state index is 12.3. The van der Waals surface area contributed by atoms with Crippen LogP contribution in [-0.4, -0.2) is 73.2 Å². The average molecular weight is 455 g/mol. The Morgan fingerprint density at radius 1 is 0.788 bits per heavy atom. The van der Waals surface area contributed by atoms with Gasteiger partial charge in [-0.05, 0) is 54.0 Å². The minimum atomic E-state index is -0.169. The fraction of sp³-hybridized carbons (Fsp3) is 0.280. The summed E-state index contributed by atoms with van der Waals surface area (Å²) in [5.74, 6) is 0.409. The van der Waals surface area contributed by atoms with Gasteiger partial charge in [0, 0.05) is 39.3 Å². The van der Waals surface area contributed by atoms with E-state index in [1.807, 2.05) is 0 Å². The number of hydrogen-bond acceptors (Lipinski definition) is 6. The molecule has 33 heavy (non-hydrogen) atoms. The van der Waals surface area contributed by atoms with Crippen LogP contribution in [0, 0.1) is 0 Å². The summed E-state index contributed by atoms with van der Waals surface area (Å²) in [5, 5.41) is 19.3. The van der Waals surface area contributed by atoms with E-state index in [0.29, 0.717) is 31.0 Å². The molecule has 0 aromatic heterocycles. The maximum atomic E-state index is 12.3. The third-order valence-corrected chi connectivity index (χ3v) is 4.98. The second kappa shape index (κ2) is 12.2. The summed E-state index contributed by atoms with van der Waals surface area (Å²) in [6, 6.07) is 9.66. The second-order valence-electron chi connectivity index (χ2n) is 7.40. The molecule has 0 atom stereocenters. The number of carbonyl (C=O) groups is 2. The first-order valence-corrected chi connectivity index (χ1v) is 10.4. The van der Waals surface area contributed by atoms with Crippen molar-refractivity contribution < 1.29 is 29.3 Å². The van der Waals surface area contributed by atoms with Gasteiger partial charge < -0.3 is 29.5 Å². The smallest absolute Gasteiger partial charge is 0.246 e. The molecular weight excluding hydrogens is 424 g/mol. The van der Waals surface area contributed by atoms with E-state index in [2.05, 4.69) is 0 Å². The fourth-order valence-corrected chi connectivity index (χ4v) is 2.95. The Kier molecular flexibility index (Phi) is 9.35. The predicted octanol–water partition coefficient (Wildman–Crippen LogP) is 3.15. The summed E-state index contributed by atoms with van der Waals surface area (Å²) < 4.78 is 10.1. The molecule has 2 N–H and O–H groups in total. The van der Waals surface area contributed by atoms with Crippen LogP contribution >= 0.6 is 0 Å². The molecule has 0 bridgehead atoms. The molecule has 0 saturated heterocycles. The highest BCUT2D eigenvalue weighted by Gasteiger charge is 2.09. The van der Waals surface area contributed by atoms with Gasteiger partial charge in [-0.2, -0.15) is 0 Å². The molecule has 2 aromatic rings. The molecule has 0 unspecified atom stereocenters. The number of carbonyl (C=O) groups excluding carboxylic acids is 2. The summed E-state index contributed by atoms with van der Waals surface area (Å²) in [5.41, 5.74) is 1.46. The first-order valence-electron chi connectivity index (χ1n) is 10.4. The van der Waals surface area contributed by atoms with Crippen molar-refractivity contribution in [3.63, 3.8) is 0 Å². The lowest BCUT2D eigenvalue weighted by molar-refractivity contribution is -0.125. The number of phenols is 2. The molecule has 0 aliphatic rings. The lowest BCUT2D eigenvalue weighted by Crippen LogP contribution is -2.31. The number of likely N-dealkylation sites (N-methyl/N-ethyl adjacent to an activating group) is 2. The number of nitrogens with zero attached hydrogens (tertiary/aromatic N) is 2. The lowest BCUT2D eigenvalue weighted by atomic mass is 10.2. The van der Waals surface area contributed by atoms with E-state index in [9.17, 15) is 19.8 Å². The zero-order valence-corrected chi connectivity index (χ0v) is 19.3. The van der Waals surface area contributed by atoms with Gasteiger partial charge in [-0.25, -0.2) is 0 Å². The topological polar surface area (TPSA) is 99.5 Å². The number of amides is 2. The van der Waals surface area contributed by atoms with Gasteiger partial charge in [0.1, 0.15) is 0 Å². The predicted molar refractivity (Wildman–Crippen MR) is 127 cm³/mol. The van der Waals surface area contributed by atoms with Gasteiger partial charge in [-0.3, -0.25) is 9.59 Å². The SMILES string of the molecule is COc1cc(/C=C/C(=O)N(C)CCCN(C)C(=O)/C=C/c2ccc(O)c(OC)c2)ccc1O.